The van der Waals surface area contributed by atoms with Gasteiger partial charge in [-0.3, -0.25) is 14.4 Å². The molecule has 3 N–H and O–H groups in total. The number of hydrogen-bond donors (Lipinski definition) is 3. The van der Waals surface area contributed by atoms with Crippen molar-refractivity contribution >= 4 is 57.7 Å². The number of anilines is 3. The van der Waals surface area contributed by atoms with Gasteiger partial charge in [-0.2, -0.15) is 0 Å². The Morgan fingerprint density at radius 2 is 1.73 bits per heavy atom. The number of carbonyl (C=O) groups is 3. The third-order valence-corrected chi connectivity index (χ3v) is 6.95. The first-order valence-electron chi connectivity index (χ1n) is 13.1. The lowest BCUT2D eigenvalue weighted by atomic mass is 9.97. The van der Waals surface area contributed by atoms with Crippen LogP contribution in [0.2, 0.25) is 5.02 Å². The number of aliphatic carboxylic acids is 1. The number of halogens is 1. The molecular weight excluding hydrogens is 528 g/mol. The zero-order chi connectivity index (χ0) is 28.8. The van der Waals surface area contributed by atoms with Crippen LogP contribution in [0.3, 0.4) is 0 Å². The average Bonchev–Trinajstić information content (AvgIpc) is 3.24. The number of benzene rings is 3. The second-order valence-corrected chi connectivity index (χ2v) is 10.5. The molecule has 40 heavy (non-hydrogen) atoms. The van der Waals surface area contributed by atoms with E-state index in [-0.39, 0.29) is 18.2 Å². The van der Waals surface area contributed by atoms with E-state index >= 15 is 0 Å². The lowest BCUT2D eigenvalue weighted by molar-refractivity contribution is -0.137. The zero-order valence-electron chi connectivity index (χ0n) is 22.8. The molecule has 0 aliphatic carbocycles. The normalized spacial score (nSPS) is 13.6. The molecule has 9 heteroatoms. The van der Waals surface area contributed by atoms with Crippen LogP contribution in [0.5, 0.6) is 0 Å². The van der Waals surface area contributed by atoms with E-state index in [9.17, 15) is 14.4 Å². The summed E-state index contributed by atoms with van der Waals surface area (Å²) < 4.78 is 0. The van der Waals surface area contributed by atoms with Crippen LogP contribution < -0.4 is 15.5 Å². The first-order valence-corrected chi connectivity index (χ1v) is 13.4. The standard InChI is InChI=1S/C31H33ClN4O4/c1-35(2)17-5-8-27(37)36(3)24-13-11-23(12-14-24)33-30(21-7-4-6-20(18-21)9-16-28(38)39)29-25-15-10-22(32)19-26(25)34-31(29)40/h4,6-7,10-15,18-19,33H,5,8-9,16-17H2,1-3H3,(H,34,40)(H,38,39). The molecule has 0 spiro atoms. The van der Waals surface area contributed by atoms with Crippen molar-refractivity contribution < 1.29 is 19.5 Å². The SMILES string of the molecule is CN(C)CCCC(=O)N(C)c1ccc(NC(=C2C(=O)Nc3cc(Cl)ccc32)c2cccc(CCC(=O)O)c2)cc1. The summed E-state index contributed by atoms with van der Waals surface area (Å²) in [7, 11) is 5.73. The van der Waals surface area contributed by atoms with Gasteiger partial charge in [0.05, 0.1) is 17.0 Å². The van der Waals surface area contributed by atoms with Gasteiger partial charge in [-0.25, -0.2) is 0 Å². The minimum absolute atomic E-state index is 0.00739. The van der Waals surface area contributed by atoms with Crippen molar-refractivity contribution in [1.29, 1.82) is 0 Å². The van der Waals surface area contributed by atoms with E-state index in [0.717, 1.165) is 35.5 Å². The molecular formula is C31H33ClN4O4. The minimum atomic E-state index is -0.871. The summed E-state index contributed by atoms with van der Waals surface area (Å²) in [6.07, 6.45) is 1.62. The second kappa shape index (κ2) is 12.8. The first-order chi connectivity index (χ1) is 19.1. The first kappa shape index (κ1) is 28.9. The van der Waals surface area contributed by atoms with Gasteiger partial charge in [0.2, 0.25) is 5.91 Å². The monoisotopic (exact) mass is 560 g/mol. The molecule has 0 bridgehead atoms. The molecule has 208 valence electrons. The highest BCUT2D eigenvalue weighted by Crippen LogP contribution is 2.39. The molecule has 4 rings (SSSR count). The van der Waals surface area contributed by atoms with Crippen LogP contribution >= 0.6 is 11.6 Å². The molecule has 8 nitrogen and oxygen atoms in total. The van der Waals surface area contributed by atoms with Gasteiger partial charge in [0.15, 0.2) is 0 Å². The fourth-order valence-electron chi connectivity index (χ4n) is 4.58. The van der Waals surface area contributed by atoms with Crippen LogP contribution in [0.15, 0.2) is 66.7 Å². The Kier molecular flexibility index (Phi) is 9.24. The van der Waals surface area contributed by atoms with E-state index in [4.69, 9.17) is 16.7 Å². The number of carboxylic acid groups (broad SMARTS) is 1. The van der Waals surface area contributed by atoms with Crippen LogP contribution in [-0.2, 0) is 20.8 Å². The maximum atomic E-state index is 13.2. The van der Waals surface area contributed by atoms with Crippen molar-refractivity contribution in [3.63, 3.8) is 0 Å². The number of nitrogens with zero attached hydrogens (tertiary/aromatic N) is 2. The quantitative estimate of drug-likeness (QED) is 0.264. The maximum absolute atomic E-state index is 13.2. The predicted molar refractivity (Wildman–Crippen MR) is 161 cm³/mol. The molecule has 0 fully saturated rings. The summed E-state index contributed by atoms with van der Waals surface area (Å²) in [5, 5.41) is 16.0. The minimum Gasteiger partial charge on any atom is -0.481 e. The molecule has 0 unspecified atom stereocenters. The highest BCUT2D eigenvalue weighted by Gasteiger charge is 2.29. The number of fused-ring (bicyclic) bond motifs is 1. The van der Waals surface area contributed by atoms with Crippen LogP contribution in [0.1, 0.15) is 36.0 Å². The summed E-state index contributed by atoms with van der Waals surface area (Å²) in [6, 6.07) is 20.2. The van der Waals surface area contributed by atoms with Gasteiger partial charge in [0, 0.05) is 41.9 Å². The van der Waals surface area contributed by atoms with Crippen LogP contribution in [-0.4, -0.2) is 55.5 Å². The number of carbonyl (C=O) groups excluding carboxylic acids is 2. The van der Waals surface area contributed by atoms with Gasteiger partial charge in [-0.1, -0.05) is 35.9 Å². The van der Waals surface area contributed by atoms with E-state index in [0.29, 0.717) is 40.4 Å². The molecule has 0 atom stereocenters. The molecule has 1 heterocycles. The van der Waals surface area contributed by atoms with Gasteiger partial charge in [0.25, 0.3) is 5.91 Å². The van der Waals surface area contributed by atoms with Gasteiger partial charge in [0.1, 0.15) is 0 Å². The smallest absolute Gasteiger partial charge is 0.303 e. The fourth-order valence-corrected chi connectivity index (χ4v) is 4.75. The number of aryl methyl sites for hydroxylation is 1. The second-order valence-electron chi connectivity index (χ2n) is 10.0. The Bertz CT molecular complexity index is 1450. The molecule has 3 aromatic rings. The third kappa shape index (κ3) is 7.08. The Labute approximate surface area is 239 Å². The Hall–Kier alpha value is -4.14. The van der Waals surface area contributed by atoms with Crippen molar-refractivity contribution in [2.45, 2.75) is 25.7 Å². The highest BCUT2D eigenvalue weighted by atomic mass is 35.5. The molecule has 2 amide bonds. The van der Waals surface area contributed by atoms with Gasteiger partial charge in [-0.15, -0.1) is 0 Å². The van der Waals surface area contributed by atoms with E-state index in [1.807, 2.05) is 62.6 Å². The van der Waals surface area contributed by atoms with Gasteiger partial charge < -0.3 is 25.5 Å². The summed E-state index contributed by atoms with van der Waals surface area (Å²) >= 11 is 6.17. The molecule has 1 aliphatic heterocycles. The number of carboxylic acids is 1. The van der Waals surface area contributed by atoms with Crippen molar-refractivity contribution in [2.75, 3.05) is 43.2 Å². The molecule has 1 aliphatic rings. The molecule has 0 saturated carbocycles. The maximum Gasteiger partial charge on any atom is 0.303 e. The Morgan fingerprint density at radius 1 is 0.975 bits per heavy atom. The van der Waals surface area contributed by atoms with Crippen molar-refractivity contribution in [3.8, 4) is 0 Å². The largest absolute Gasteiger partial charge is 0.481 e. The highest BCUT2D eigenvalue weighted by molar-refractivity contribution is 6.38. The summed E-state index contributed by atoms with van der Waals surface area (Å²) in [5.41, 5.74) is 5.46. The van der Waals surface area contributed by atoms with Crippen LogP contribution in [0.25, 0.3) is 11.3 Å². The number of hydrogen-bond acceptors (Lipinski definition) is 5. The lowest BCUT2D eigenvalue weighted by Crippen LogP contribution is -2.27. The molecule has 0 radical (unpaired) electrons. The summed E-state index contributed by atoms with van der Waals surface area (Å²) in [6.45, 7) is 0.848. The molecule has 3 aromatic carbocycles. The molecule has 0 saturated heterocycles. The van der Waals surface area contributed by atoms with E-state index < -0.39 is 5.97 Å². The van der Waals surface area contributed by atoms with Gasteiger partial charge >= 0.3 is 5.97 Å². The van der Waals surface area contributed by atoms with E-state index in [2.05, 4.69) is 15.5 Å². The third-order valence-electron chi connectivity index (χ3n) is 6.71. The number of amides is 2. The van der Waals surface area contributed by atoms with Crippen molar-refractivity contribution in [1.82, 2.24) is 4.90 Å². The Morgan fingerprint density at radius 3 is 2.42 bits per heavy atom. The number of nitrogens with one attached hydrogen (secondary N) is 2. The van der Waals surface area contributed by atoms with Crippen LogP contribution in [0, 0.1) is 0 Å². The van der Waals surface area contributed by atoms with Gasteiger partial charge in [-0.05, 0) is 87.1 Å². The summed E-state index contributed by atoms with van der Waals surface area (Å²) in [5.74, 6) is -1.10. The van der Waals surface area contributed by atoms with Crippen LogP contribution in [0.4, 0.5) is 17.1 Å². The van der Waals surface area contributed by atoms with E-state index in [1.165, 1.54) is 0 Å². The van der Waals surface area contributed by atoms with Crippen molar-refractivity contribution in [2.24, 2.45) is 0 Å². The van der Waals surface area contributed by atoms with Crippen molar-refractivity contribution in [3.05, 3.63) is 88.4 Å². The fraction of sp³-hybridized carbons (Fsp3) is 0.258. The number of rotatable bonds is 11. The average molecular weight is 561 g/mol. The lowest BCUT2D eigenvalue weighted by Gasteiger charge is -2.20. The Balaban J connectivity index is 1.66. The molecule has 0 aromatic heterocycles. The van der Waals surface area contributed by atoms with E-state index in [1.54, 1.807) is 30.1 Å². The zero-order valence-corrected chi connectivity index (χ0v) is 23.6. The summed E-state index contributed by atoms with van der Waals surface area (Å²) in [4.78, 5) is 40.7. The predicted octanol–water partition coefficient (Wildman–Crippen LogP) is 5.59. The topological polar surface area (TPSA) is 102 Å².